The van der Waals surface area contributed by atoms with E-state index in [1.54, 1.807) is 19.1 Å². The summed E-state index contributed by atoms with van der Waals surface area (Å²) in [5, 5.41) is 4.68. The second-order valence-electron chi connectivity index (χ2n) is 5.46. The number of rotatable bonds is 6. The lowest BCUT2D eigenvalue weighted by Gasteiger charge is -2.27. The molecule has 2 N–H and O–H groups in total. The van der Waals surface area contributed by atoms with E-state index in [-0.39, 0.29) is 24.8 Å². The number of anilines is 1. The standard InChI is InChI=1S/C17H20N2O6S/c1-3-25-17(23)12-9-26-13(15(21)19-12)8-14(20)18-11-6-4-10(5-7-11)16(22)24-2/h4-7,12-13H,3,8-9H2,1-2H3,(H,18,20)(H,19,21)/t12-,13?/m1/s1. The molecule has 1 aliphatic rings. The maximum atomic E-state index is 12.1. The summed E-state index contributed by atoms with van der Waals surface area (Å²) in [4.78, 5) is 47.2. The Balaban J connectivity index is 1.85. The molecule has 0 radical (unpaired) electrons. The van der Waals surface area contributed by atoms with Crippen LogP contribution in [0.1, 0.15) is 23.7 Å². The Morgan fingerprint density at radius 3 is 2.54 bits per heavy atom. The summed E-state index contributed by atoms with van der Waals surface area (Å²) in [5.74, 6) is -1.28. The minimum Gasteiger partial charge on any atom is -0.465 e. The summed E-state index contributed by atoms with van der Waals surface area (Å²) in [6, 6.07) is 5.54. The Labute approximate surface area is 155 Å². The zero-order valence-corrected chi connectivity index (χ0v) is 15.3. The fourth-order valence-corrected chi connectivity index (χ4v) is 3.44. The number of hydrogen-bond donors (Lipinski definition) is 2. The van der Waals surface area contributed by atoms with Gasteiger partial charge >= 0.3 is 11.9 Å². The van der Waals surface area contributed by atoms with Gasteiger partial charge in [-0.05, 0) is 31.2 Å². The number of hydrogen-bond acceptors (Lipinski definition) is 7. The molecule has 1 unspecified atom stereocenters. The first kappa shape index (κ1) is 19.8. The van der Waals surface area contributed by atoms with Gasteiger partial charge in [-0.3, -0.25) is 9.59 Å². The number of carbonyl (C=O) groups excluding carboxylic acids is 4. The lowest BCUT2D eigenvalue weighted by molar-refractivity contribution is -0.146. The predicted octanol–water partition coefficient (Wildman–Crippen LogP) is 0.965. The van der Waals surface area contributed by atoms with E-state index in [0.717, 1.165) is 0 Å². The van der Waals surface area contributed by atoms with Crippen LogP contribution in [0.15, 0.2) is 24.3 Å². The second-order valence-corrected chi connectivity index (χ2v) is 6.69. The van der Waals surface area contributed by atoms with Gasteiger partial charge in [0.15, 0.2) is 0 Å². The van der Waals surface area contributed by atoms with E-state index >= 15 is 0 Å². The maximum Gasteiger partial charge on any atom is 0.337 e. The first-order valence-corrected chi connectivity index (χ1v) is 9.06. The van der Waals surface area contributed by atoms with Gasteiger partial charge in [0.05, 0.1) is 24.5 Å². The molecular formula is C17H20N2O6S. The number of carbonyl (C=O) groups is 4. The Morgan fingerprint density at radius 1 is 1.27 bits per heavy atom. The van der Waals surface area contributed by atoms with Crippen molar-refractivity contribution in [3.05, 3.63) is 29.8 Å². The Morgan fingerprint density at radius 2 is 1.96 bits per heavy atom. The summed E-state index contributed by atoms with van der Waals surface area (Å²) in [5.41, 5.74) is 0.881. The van der Waals surface area contributed by atoms with Crippen LogP contribution < -0.4 is 10.6 Å². The summed E-state index contributed by atoms with van der Waals surface area (Å²) < 4.78 is 9.48. The van der Waals surface area contributed by atoms with Crippen molar-refractivity contribution in [3.8, 4) is 0 Å². The van der Waals surface area contributed by atoms with Crippen molar-refractivity contribution in [3.63, 3.8) is 0 Å². The number of methoxy groups -OCH3 is 1. The minimum absolute atomic E-state index is 0.0230. The number of esters is 2. The fourth-order valence-electron chi connectivity index (χ4n) is 2.30. The van der Waals surface area contributed by atoms with E-state index in [0.29, 0.717) is 17.0 Å². The average Bonchev–Trinajstić information content (AvgIpc) is 2.63. The van der Waals surface area contributed by atoms with Crippen LogP contribution >= 0.6 is 11.8 Å². The first-order chi connectivity index (χ1) is 12.4. The highest BCUT2D eigenvalue weighted by molar-refractivity contribution is 8.00. The molecule has 1 aliphatic heterocycles. The maximum absolute atomic E-state index is 12.1. The van der Waals surface area contributed by atoms with Crippen molar-refractivity contribution >= 4 is 41.2 Å². The lowest BCUT2D eigenvalue weighted by Crippen LogP contribution is -2.51. The van der Waals surface area contributed by atoms with Gasteiger partial charge in [0.25, 0.3) is 0 Å². The molecule has 9 heteroatoms. The van der Waals surface area contributed by atoms with Gasteiger partial charge in [-0.1, -0.05) is 0 Å². The smallest absolute Gasteiger partial charge is 0.337 e. The van der Waals surface area contributed by atoms with Crippen LogP contribution in [-0.4, -0.2) is 54.5 Å². The first-order valence-electron chi connectivity index (χ1n) is 8.01. The monoisotopic (exact) mass is 380 g/mol. The minimum atomic E-state index is -0.683. The molecule has 8 nitrogen and oxygen atoms in total. The molecule has 0 aromatic heterocycles. The van der Waals surface area contributed by atoms with Crippen LogP contribution in [0, 0.1) is 0 Å². The second kappa shape index (κ2) is 9.23. The van der Waals surface area contributed by atoms with E-state index in [1.807, 2.05) is 0 Å². The van der Waals surface area contributed by atoms with Gasteiger partial charge in [0.2, 0.25) is 11.8 Å². The lowest BCUT2D eigenvalue weighted by atomic mass is 10.2. The summed E-state index contributed by atoms with van der Waals surface area (Å²) in [7, 11) is 1.29. The van der Waals surface area contributed by atoms with Gasteiger partial charge in [0.1, 0.15) is 6.04 Å². The quantitative estimate of drug-likeness (QED) is 0.707. The SMILES string of the molecule is CCOC(=O)[C@H]1CSC(CC(=O)Nc2ccc(C(=O)OC)cc2)C(=O)N1. The molecule has 26 heavy (non-hydrogen) atoms. The molecule has 0 aliphatic carbocycles. The Bertz CT molecular complexity index is 691. The highest BCUT2D eigenvalue weighted by Crippen LogP contribution is 2.22. The van der Waals surface area contributed by atoms with Crippen molar-refractivity contribution in [1.82, 2.24) is 5.32 Å². The van der Waals surface area contributed by atoms with Crippen molar-refractivity contribution in [2.75, 3.05) is 24.8 Å². The van der Waals surface area contributed by atoms with Crippen LogP contribution in [0.3, 0.4) is 0 Å². The number of thioether (sulfide) groups is 1. The van der Waals surface area contributed by atoms with Crippen molar-refractivity contribution in [2.45, 2.75) is 24.6 Å². The van der Waals surface area contributed by atoms with Crippen LogP contribution in [-0.2, 0) is 23.9 Å². The molecule has 0 bridgehead atoms. The highest BCUT2D eigenvalue weighted by Gasteiger charge is 2.34. The van der Waals surface area contributed by atoms with Crippen LogP contribution in [0.4, 0.5) is 5.69 Å². The topological polar surface area (TPSA) is 111 Å². The summed E-state index contributed by atoms with van der Waals surface area (Å²) in [6.07, 6.45) is -0.0230. The molecule has 1 aromatic rings. The molecule has 1 fully saturated rings. The molecule has 0 spiro atoms. The Kier molecular flexibility index (Phi) is 7.02. The van der Waals surface area contributed by atoms with E-state index in [1.165, 1.54) is 31.0 Å². The number of nitrogens with one attached hydrogen (secondary N) is 2. The van der Waals surface area contributed by atoms with Gasteiger partial charge in [0, 0.05) is 17.9 Å². The predicted molar refractivity (Wildman–Crippen MR) is 95.8 cm³/mol. The normalized spacial score (nSPS) is 19.2. The van der Waals surface area contributed by atoms with E-state index < -0.39 is 23.2 Å². The molecule has 2 amide bonds. The van der Waals surface area contributed by atoms with Gasteiger partial charge in [-0.25, -0.2) is 9.59 Å². The Hall–Kier alpha value is -2.55. The molecule has 1 saturated heterocycles. The van der Waals surface area contributed by atoms with Gasteiger partial charge in [-0.15, -0.1) is 11.8 Å². The van der Waals surface area contributed by atoms with E-state index in [9.17, 15) is 19.2 Å². The molecule has 140 valence electrons. The third-order valence-electron chi connectivity index (χ3n) is 3.60. The van der Waals surface area contributed by atoms with E-state index in [4.69, 9.17) is 4.74 Å². The molecular weight excluding hydrogens is 360 g/mol. The number of benzene rings is 1. The molecule has 1 heterocycles. The average molecular weight is 380 g/mol. The largest absolute Gasteiger partial charge is 0.465 e. The van der Waals surface area contributed by atoms with Gasteiger partial charge in [-0.2, -0.15) is 0 Å². The summed E-state index contributed by atoms with van der Waals surface area (Å²) in [6.45, 7) is 1.94. The van der Waals surface area contributed by atoms with Crippen molar-refractivity contribution in [2.24, 2.45) is 0 Å². The van der Waals surface area contributed by atoms with Crippen LogP contribution in [0.2, 0.25) is 0 Å². The van der Waals surface area contributed by atoms with E-state index in [2.05, 4.69) is 15.4 Å². The molecule has 2 rings (SSSR count). The van der Waals surface area contributed by atoms with Crippen molar-refractivity contribution in [1.29, 1.82) is 0 Å². The van der Waals surface area contributed by atoms with Gasteiger partial charge < -0.3 is 20.1 Å². The fraction of sp³-hybridized carbons (Fsp3) is 0.412. The third-order valence-corrected chi connectivity index (χ3v) is 4.91. The molecule has 2 atom stereocenters. The van der Waals surface area contributed by atoms with Crippen LogP contribution in [0.25, 0.3) is 0 Å². The molecule has 1 aromatic carbocycles. The number of ether oxygens (including phenoxy) is 2. The highest BCUT2D eigenvalue weighted by atomic mass is 32.2. The zero-order chi connectivity index (χ0) is 19.1. The number of amides is 2. The van der Waals surface area contributed by atoms with Crippen LogP contribution in [0.5, 0.6) is 0 Å². The van der Waals surface area contributed by atoms with Crippen molar-refractivity contribution < 1.29 is 28.7 Å². The third kappa shape index (κ3) is 5.22. The zero-order valence-electron chi connectivity index (χ0n) is 14.4. The summed E-state index contributed by atoms with van der Waals surface area (Å²) >= 11 is 1.25. The molecule has 0 saturated carbocycles.